The monoisotopic (exact) mass is 275 g/mol. The average molecular weight is 275 g/mol. The highest BCUT2D eigenvalue weighted by Gasteiger charge is 2.20. The van der Waals surface area contributed by atoms with E-state index in [4.69, 9.17) is 0 Å². The van der Waals surface area contributed by atoms with Gasteiger partial charge >= 0.3 is 0 Å². The summed E-state index contributed by atoms with van der Waals surface area (Å²) in [5, 5.41) is 10.9. The molecule has 1 aromatic carbocycles. The first kappa shape index (κ1) is 14.0. The lowest BCUT2D eigenvalue weighted by atomic mass is 9.94. The molecule has 0 heterocycles. The summed E-state index contributed by atoms with van der Waals surface area (Å²) in [4.78, 5) is 22.3. The lowest BCUT2D eigenvalue weighted by Gasteiger charge is -2.22. The van der Waals surface area contributed by atoms with Crippen molar-refractivity contribution in [3.8, 4) is 0 Å². The van der Waals surface area contributed by atoms with Crippen LogP contribution in [0, 0.1) is 16.0 Å². The van der Waals surface area contributed by atoms with Crippen LogP contribution in [0.25, 0.3) is 0 Å². The van der Waals surface area contributed by atoms with Gasteiger partial charge in [-0.2, -0.15) is 0 Å². The zero-order valence-electron chi connectivity index (χ0n) is 11.3. The number of hydrogen-bond donors (Lipinski definition) is 2. The number of para-hydroxylation sites is 1. The molecule has 2 rings (SSSR count). The standard InChI is InChI=1S/C14H17N3O3/c1-10-6-2-4-8-12(10)15-16-14(18)11-7-3-5-9-13(11)17(19)20/h3,5,7-10,15H,2,4,6H2,1H3,(H,16,18). The smallest absolute Gasteiger partial charge is 0.282 e. The number of nitro benzene ring substituents is 1. The van der Waals surface area contributed by atoms with Crippen molar-refractivity contribution >= 4 is 11.6 Å². The van der Waals surface area contributed by atoms with E-state index in [1.807, 2.05) is 6.08 Å². The number of nitro groups is 1. The van der Waals surface area contributed by atoms with Crippen LogP contribution in [0.3, 0.4) is 0 Å². The third-order valence-corrected chi connectivity index (χ3v) is 3.40. The summed E-state index contributed by atoms with van der Waals surface area (Å²) in [6, 6.07) is 5.89. The molecule has 2 N–H and O–H groups in total. The molecule has 0 radical (unpaired) electrons. The topological polar surface area (TPSA) is 84.3 Å². The molecule has 6 heteroatoms. The van der Waals surface area contributed by atoms with Gasteiger partial charge in [0.15, 0.2) is 0 Å². The first-order chi connectivity index (χ1) is 9.59. The van der Waals surface area contributed by atoms with Gasteiger partial charge in [-0.1, -0.05) is 25.1 Å². The van der Waals surface area contributed by atoms with E-state index in [0.717, 1.165) is 25.0 Å². The maximum atomic E-state index is 12.0. The van der Waals surface area contributed by atoms with Crippen LogP contribution >= 0.6 is 0 Å². The summed E-state index contributed by atoms with van der Waals surface area (Å²) in [5.74, 6) is -0.147. The number of benzene rings is 1. The van der Waals surface area contributed by atoms with Crippen LogP contribution in [0.5, 0.6) is 0 Å². The predicted octanol–water partition coefficient (Wildman–Crippen LogP) is 2.53. The molecule has 1 aromatic rings. The highest BCUT2D eigenvalue weighted by atomic mass is 16.6. The lowest BCUT2D eigenvalue weighted by molar-refractivity contribution is -0.385. The summed E-state index contributed by atoms with van der Waals surface area (Å²) in [7, 11) is 0. The number of rotatable bonds is 4. The molecule has 106 valence electrons. The van der Waals surface area contributed by atoms with E-state index < -0.39 is 10.8 Å². The molecule has 0 spiro atoms. The molecule has 1 atom stereocenters. The fraction of sp³-hybridized carbons (Fsp3) is 0.357. The highest BCUT2D eigenvalue weighted by Crippen LogP contribution is 2.22. The highest BCUT2D eigenvalue weighted by molar-refractivity contribution is 5.97. The molecule has 0 saturated heterocycles. The Kier molecular flexibility index (Phi) is 4.34. The van der Waals surface area contributed by atoms with Crippen molar-refractivity contribution in [1.82, 2.24) is 10.9 Å². The molecule has 20 heavy (non-hydrogen) atoms. The van der Waals surface area contributed by atoms with Crippen LogP contribution in [-0.2, 0) is 0 Å². The Labute approximate surface area is 117 Å². The Hall–Kier alpha value is -2.37. The zero-order valence-corrected chi connectivity index (χ0v) is 11.3. The van der Waals surface area contributed by atoms with Crippen LogP contribution in [0.1, 0.15) is 36.5 Å². The van der Waals surface area contributed by atoms with Gasteiger partial charge in [0.25, 0.3) is 11.6 Å². The molecular formula is C14H17N3O3. The first-order valence-electron chi connectivity index (χ1n) is 6.59. The Balaban J connectivity index is 2.06. The van der Waals surface area contributed by atoms with E-state index in [1.165, 1.54) is 18.2 Å². The van der Waals surface area contributed by atoms with Gasteiger partial charge in [-0.25, -0.2) is 0 Å². The van der Waals surface area contributed by atoms with Crippen molar-refractivity contribution in [2.45, 2.75) is 26.2 Å². The van der Waals surface area contributed by atoms with Gasteiger partial charge in [0, 0.05) is 11.8 Å². The van der Waals surface area contributed by atoms with Gasteiger partial charge < -0.3 is 5.43 Å². The number of nitrogens with one attached hydrogen (secondary N) is 2. The molecule has 0 bridgehead atoms. The molecule has 1 aliphatic carbocycles. The normalized spacial score (nSPS) is 18.1. The minimum atomic E-state index is -0.558. The molecule has 6 nitrogen and oxygen atoms in total. The molecule has 0 saturated carbocycles. The maximum absolute atomic E-state index is 12.0. The van der Waals surface area contributed by atoms with E-state index in [1.54, 1.807) is 6.07 Å². The molecule has 0 fully saturated rings. The van der Waals surface area contributed by atoms with Crippen LogP contribution in [-0.4, -0.2) is 10.8 Å². The van der Waals surface area contributed by atoms with E-state index in [2.05, 4.69) is 17.8 Å². The maximum Gasteiger partial charge on any atom is 0.282 e. The number of carbonyl (C=O) groups is 1. The second kappa shape index (κ2) is 6.18. The van der Waals surface area contributed by atoms with Crippen molar-refractivity contribution in [1.29, 1.82) is 0 Å². The summed E-state index contributed by atoms with van der Waals surface area (Å²) in [6.07, 6.45) is 5.24. The third kappa shape index (κ3) is 3.14. The van der Waals surface area contributed by atoms with Crippen LogP contribution in [0.2, 0.25) is 0 Å². The number of carbonyl (C=O) groups excluding carboxylic acids is 1. The van der Waals surface area contributed by atoms with E-state index >= 15 is 0 Å². The number of allylic oxidation sites excluding steroid dienone is 2. The van der Waals surface area contributed by atoms with E-state index in [9.17, 15) is 14.9 Å². The van der Waals surface area contributed by atoms with Gasteiger partial charge in [-0.05, 0) is 31.2 Å². The van der Waals surface area contributed by atoms with E-state index in [0.29, 0.717) is 5.92 Å². The second-order valence-electron chi connectivity index (χ2n) is 4.84. The van der Waals surface area contributed by atoms with Crippen molar-refractivity contribution < 1.29 is 9.72 Å². The van der Waals surface area contributed by atoms with Crippen LogP contribution in [0.4, 0.5) is 5.69 Å². The number of amides is 1. The summed E-state index contributed by atoms with van der Waals surface area (Å²) < 4.78 is 0. The Morgan fingerprint density at radius 1 is 1.40 bits per heavy atom. The quantitative estimate of drug-likeness (QED) is 0.653. The Bertz CT molecular complexity index is 554. The Morgan fingerprint density at radius 3 is 2.85 bits per heavy atom. The van der Waals surface area contributed by atoms with Crippen molar-refractivity contribution in [2.75, 3.05) is 0 Å². The van der Waals surface area contributed by atoms with Gasteiger partial charge in [-0.3, -0.25) is 20.3 Å². The number of hydrazine groups is 1. The third-order valence-electron chi connectivity index (χ3n) is 3.40. The predicted molar refractivity (Wildman–Crippen MR) is 74.8 cm³/mol. The lowest BCUT2D eigenvalue weighted by Crippen LogP contribution is -2.39. The minimum absolute atomic E-state index is 0.0501. The molecular weight excluding hydrogens is 258 g/mol. The second-order valence-corrected chi connectivity index (χ2v) is 4.84. The van der Waals surface area contributed by atoms with Gasteiger partial charge in [-0.15, -0.1) is 0 Å². The summed E-state index contributed by atoms with van der Waals surface area (Å²) >= 11 is 0. The zero-order chi connectivity index (χ0) is 14.5. The van der Waals surface area contributed by atoms with Crippen LogP contribution < -0.4 is 10.9 Å². The van der Waals surface area contributed by atoms with Crippen molar-refractivity contribution in [2.24, 2.45) is 5.92 Å². The molecule has 1 unspecified atom stereocenters. The van der Waals surface area contributed by atoms with Gasteiger partial charge in [0.05, 0.1) is 4.92 Å². The fourth-order valence-electron chi connectivity index (χ4n) is 2.23. The number of nitrogens with zero attached hydrogens (tertiary/aromatic N) is 1. The molecule has 0 aromatic heterocycles. The molecule has 1 amide bonds. The Morgan fingerprint density at radius 2 is 2.15 bits per heavy atom. The number of hydrogen-bond acceptors (Lipinski definition) is 4. The fourth-order valence-corrected chi connectivity index (χ4v) is 2.23. The van der Waals surface area contributed by atoms with Crippen molar-refractivity contribution in [3.63, 3.8) is 0 Å². The van der Waals surface area contributed by atoms with Gasteiger partial charge in [0.1, 0.15) is 5.56 Å². The summed E-state index contributed by atoms with van der Waals surface area (Å²) in [5.41, 5.74) is 6.22. The van der Waals surface area contributed by atoms with Crippen LogP contribution in [0.15, 0.2) is 36.0 Å². The molecule has 1 aliphatic rings. The average Bonchev–Trinajstić information content (AvgIpc) is 2.46. The van der Waals surface area contributed by atoms with Gasteiger partial charge in [0.2, 0.25) is 0 Å². The first-order valence-corrected chi connectivity index (χ1v) is 6.59. The largest absolute Gasteiger partial charge is 0.303 e. The van der Waals surface area contributed by atoms with E-state index in [-0.39, 0.29) is 11.3 Å². The van der Waals surface area contributed by atoms with Crippen molar-refractivity contribution in [3.05, 3.63) is 51.7 Å². The summed E-state index contributed by atoms with van der Waals surface area (Å²) in [6.45, 7) is 2.08. The minimum Gasteiger partial charge on any atom is -0.303 e. The SMILES string of the molecule is CC1CCCC=C1NNC(=O)c1ccccc1[N+](=O)[O-]. The molecule has 0 aliphatic heterocycles.